The van der Waals surface area contributed by atoms with E-state index >= 15 is 0 Å². The van der Waals surface area contributed by atoms with E-state index in [2.05, 4.69) is 5.32 Å². The molecule has 0 bridgehead atoms. The summed E-state index contributed by atoms with van der Waals surface area (Å²) in [6, 6.07) is 17.4. The molecule has 0 heterocycles. The van der Waals surface area contributed by atoms with E-state index in [1.165, 1.54) is 42.5 Å². The number of nitro benzene ring substituents is 1. The monoisotopic (exact) mass is 460 g/mol. The van der Waals surface area contributed by atoms with Crippen molar-refractivity contribution in [2.45, 2.75) is 11.3 Å². The largest absolute Gasteiger partial charge is 0.379 e. The van der Waals surface area contributed by atoms with Crippen molar-refractivity contribution in [2.24, 2.45) is 0 Å². The number of nitrogens with one attached hydrogen (secondary N) is 1. The van der Waals surface area contributed by atoms with Crippen LogP contribution in [-0.2, 0) is 16.5 Å². The fourth-order valence-corrected chi connectivity index (χ4v) is 3.76. The van der Waals surface area contributed by atoms with Crippen LogP contribution in [0, 0.1) is 10.1 Å². The smallest absolute Gasteiger partial charge is 0.339 e. The summed E-state index contributed by atoms with van der Waals surface area (Å²) in [6.07, 6.45) is 0.631. The number of amides is 1. The predicted octanol–water partition coefficient (Wildman–Crippen LogP) is 3.99. The summed E-state index contributed by atoms with van der Waals surface area (Å²) in [4.78, 5) is 22.1. The van der Waals surface area contributed by atoms with Gasteiger partial charge in [-0.2, -0.15) is 8.42 Å². The van der Waals surface area contributed by atoms with E-state index in [9.17, 15) is 23.3 Å². The molecule has 3 aromatic carbocycles. The number of halogens is 1. The van der Waals surface area contributed by atoms with Gasteiger partial charge in [0.2, 0.25) is 0 Å². The van der Waals surface area contributed by atoms with Gasteiger partial charge >= 0.3 is 10.1 Å². The van der Waals surface area contributed by atoms with Gasteiger partial charge in [0.1, 0.15) is 10.6 Å². The van der Waals surface area contributed by atoms with Crippen LogP contribution in [0.3, 0.4) is 0 Å². The first-order valence-electron chi connectivity index (χ1n) is 9.06. The summed E-state index contributed by atoms with van der Waals surface area (Å²) in [5, 5.41) is 14.3. The molecule has 0 radical (unpaired) electrons. The number of non-ortho nitro benzene ring substituents is 1. The van der Waals surface area contributed by atoms with Crippen molar-refractivity contribution in [1.29, 1.82) is 0 Å². The van der Waals surface area contributed by atoms with Gasteiger partial charge in [-0.15, -0.1) is 0 Å². The third kappa shape index (κ3) is 6.03. The zero-order valence-corrected chi connectivity index (χ0v) is 17.6. The van der Waals surface area contributed by atoms with Crippen molar-refractivity contribution in [3.8, 4) is 5.75 Å². The third-order valence-electron chi connectivity index (χ3n) is 4.25. The first kappa shape index (κ1) is 22.3. The Morgan fingerprint density at radius 1 is 1.03 bits per heavy atom. The Bertz CT molecular complexity index is 1200. The molecule has 160 valence electrons. The molecular weight excluding hydrogens is 444 g/mol. The first-order chi connectivity index (χ1) is 14.7. The molecule has 10 heteroatoms. The molecule has 0 spiro atoms. The van der Waals surface area contributed by atoms with Gasteiger partial charge < -0.3 is 9.50 Å². The molecule has 8 nitrogen and oxygen atoms in total. The zero-order valence-electron chi connectivity index (χ0n) is 16.0. The average molecular weight is 461 g/mol. The lowest BCUT2D eigenvalue weighted by Crippen LogP contribution is -2.25. The minimum absolute atomic E-state index is 0.0239. The molecule has 0 saturated carbocycles. The Labute approximate surface area is 183 Å². The fraction of sp³-hybridized carbons (Fsp3) is 0.0952. The lowest BCUT2D eigenvalue weighted by Gasteiger charge is -2.09. The molecule has 1 N–H and O–H groups in total. The second kappa shape index (κ2) is 9.59. The molecule has 0 unspecified atom stereocenters. The van der Waals surface area contributed by atoms with E-state index in [0.717, 1.165) is 11.6 Å². The Balaban J connectivity index is 1.60. The van der Waals surface area contributed by atoms with Gasteiger partial charge in [0, 0.05) is 29.3 Å². The molecular formula is C21H17ClN2O6S. The number of carbonyl (C=O) groups excluding carboxylic acids is 1. The Kier molecular flexibility index (Phi) is 6.88. The number of hydrogen-bond acceptors (Lipinski definition) is 6. The normalized spacial score (nSPS) is 11.0. The molecule has 0 aliphatic carbocycles. The highest BCUT2D eigenvalue weighted by molar-refractivity contribution is 7.87. The summed E-state index contributed by atoms with van der Waals surface area (Å²) in [5.74, 6) is -0.341. The fourth-order valence-electron chi connectivity index (χ4n) is 2.66. The Morgan fingerprint density at radius 2 is 1.71 bits per heavy atom. The number of nitrogens with zero attached hydrogens (tertiary/aromatic N) is 1. The van der Waals surface area contributed by atoms with Crippen molar-refractivity contribution in [3.05, 3.63) is 99.1 Å². The topological polar surface area (TPSA) is 116 Å². The summed E-state index contributed by atoms with van der Waals surface area (Å²) >= 11 is 5.84. The highest BCUT2D eigenvalue weighted by Crippen LogP contribution is 2.22. The molecule has 31 heavy (non-hydrogen) atoms. The summed E-state index contributed by atoms with van der Waals surface area (Å²) in [6.45, 7) is 0.417. The van der Waals surface area contributed by atoms with Gasteiger partial charge in [0.05, 0.1) is 4.92 Å². The second-order valence-electron chi connectivity index (χ2n) is 6.45. The van der Waals surface area contributed by atoms with Crippen LogP contribution >= 0.6 is 11.6 Å². The van der Waals surface area contributed by atoms with Crippen LogP contribution in [-0.4, -0.2) is 25.8 Å². The van der Waals surface area contributed by atoms with Crippen LogP contribution in [0.1, 0.15) is 15.9 Å². The van der Waals surface area contributed by atoms with Crippen LogP contribution in [0.25, 0.3) is 0 Å². The molecule has 0 aromatic heterocycles. The molecule has 0 atom stereocenters. The van der Waals surface area contributed by atoms with Crippen LogP contribution in [0.5, 0.6) is 5.75 Å². The standard InChI is InChI=1S/C21H17ClN2O6S/c22-17-8-4-15(5-9-17)12-13-23-21(25)16-6-10-19(11-7-16)30-31(28,29)20-3-1-2-18(14-20)24(26)27/h1-11,14H,12-13H2,(H,23,25). The highest BCUT2D eigenvalue weighted by atomic mass is 35.5. The lowest BCUT2D eigenvalue weighted by molar-refractivity contribution is -0.385. The van der Waals surface area contributed by atoms with Gasteiger partial charge in [-0.25, -0.2) is 0 Å². The average Bonchev–Trinajstić information content (AvgIpc) is 2.75. The van der Waals surface area contributed by atoms with Gasteiger partial charge in [0.15, 0.2) is 0 Å². The van der Waals surface area contributed by atoms with Crippen molar-refractivity contribution < 1.29 is 22.3 Å². The van der Waals surface area contributed by atoms with E-state index in [1.807, 2.05) is 12.1 Å². The van der Waals surface area contributed by atoms with Gasteiger partial charge in [0.25, 0.3) is 11.6 Å². The summed E-state index contributed by atoms with van der Waals surface area (Å²) in [7, 11) is -4.26. The summed E-state index contributed by atoms with van der Waals surface area (Å²) in [5.41, 5.74) is 0.992. The van der Waals surface area contributed by atoms with E-state index in [-0.39, 0.29) is 22.2 Å². The van der Waals surface area contributed by atoms with E-state index in [4.69, 9.17) is 15.8 Å². The SMILES string of the molecule is O=C(NCCc1ccc(Cl)cc1)c1ccc(OS(=O)(=O)c2cccc([N+](=O)[O-])c2)cc1. The lowest BCUT2D eigenvalue weighted by atomic mass is 10.1. The van der Waals surface area contributed by atoms with Crippen molar-refractivity contribution >= 4 is 33.3 Å². The second-order valence-corrected chi connectivity index (χ2v) is 8.43. The van der Waals surface area contributed by atoms with E-state index in [0.29, 0.717) is 23.6 Å². The first-order valence-corrected chi connectivity index (χ1v) is 10.8. The number of benzene rings is 3. The minimum Gasteiger partial charge on any atom is -0.379 e. The molecule has 0 saturated heterocycles. The van der Waals surface area contributed by atoms with E-state index in [1.54, 1.807) is 12.1 Å². The van der Waals surface area contributed by atoms with E-state index < -0.39 is 15.0 Å². The third-order valence-corrected chi connectivity index (χ3v) is 5.75. The maximum Gasteiger partial charge on any atom is 0.339 e. The number of rotatable bonds is 8. The zero-order chi connectivity index (χ0) is 22.4. The molecule has 3 rings (SSSR count). The van der Waals surface area contributed by atoms with Gasteiger partial charge in [-0.3, -0.25) is 14.9 Å². The Morgan fingerprint density at radius 3 is 2.35 bits per heavy atom. The van der Waals surface area contributed by atoms with Crippen molar-refractivity contribution in [1.82, 2.24) is 5.32 Å². The van der Waals surface area contributed by atoms with Crippen LogP contribution in [0.2, 0.25) is 5.02 Å². The highest BCUT2D eigenvalue weighted by Gasteiger charge is 2.20. The number of carbonyl (C=O) groups is 1. The Hall–Kier alpha value is -3.43. The molecule has 1 amide bonds. The predicted molar refractivity (Wildman–Crippen MR) is 115 cm³/mol. The number of hydrogen-bond donors (Lipinski definition) is 1. The quantitative estimate of drug-likeness (QED) is 0.308. The summed E-state index contributed by atoms with van der Waals surface area (Å²) < 4.78 is 29.7. The van der Waals surface area contributed by atoms with Gasteiger partial charge in [-0.05, 0) is 54.4 Å². The van der Waals surface area contributed by atoms with Gasteiger partial charge in [-0.1, -0.05) is 29.8 Å². The minimum atomic E-state index is -4.26. The van der Waals surface area contributed by atoms with Crippen LogP contribution in [0.4, 0.5) is 5.69 Å². The van der Waals surface area contributed by atoms with Crippen molar-refractivity contribution in [3.63, 3.8) is 0 Å². The number of nitro groups is 1. The molecule has 0 aliphatic heterocycles. The van der Waals surface area contributed by atoms with Crippen molar-refractivity contribution in [2.75, 3.05) is 6.54 Å². The maximum absolute atomic E-state index is 12.4. The van der Waals surface area contributed by atoms with Crippen LogP contribution in [0.15, 0.2) is 77.7 Å². The van der Waals surface area contributed by atoms with Crippen LogP contribution < -0.4 is 9.50 Å². The molecule has 0 aliphatic rings. The molecule has 0 fully saturated rings. The maximum atomic E-state index is 12.4. The molecule has 3 aromatic rings.